The van der Waals surface area contributed by atoms with Crippen molar-refractivity contribution in [2.45, 2.75) is 20.4 Å². The molecule has 1 N–H and O–H groups in total. The van der Waals surface area contributed by atoms with E-state index < -0.39 is 0 Å². The Morgan fingerprint density at radius 1 is 1.22 bits per heavy atom. The van der Waals surface area contributed by atoms with Crippen molar-refractivity contribution in [3.05, 3.63) is 47.3 Å². The highest BCUT2D eigenvalue weighted by Gasteiger charge is 2.13. The molecule has 0 aliphatic rings. The Hall–Kier alpha value is -2.18. The predicted molar refractivity (Wildman–Crippen MR) is 87.6 cm³/mol. The topological polar surface area (TPSA) is 65.4 Å². The molecule has 0 aliphatic heterocycles. The van der Waals surface area contributed by atoms with Gasteiger partial charge in [-0.15, -0.1) is 0 Å². The number of aromatic nitrogens is 2. The molecule has 1 aromatic heterocycles. The van der Waals surface area contributed by atoms with Crippen LogP contribution in [0.4, 0.5) is 0 Å². The summed E-state index contributed by atoms with van der Waals surface area (Å²) in [4.78, 5) is 11.8. The summed E-state index contributed by atoms with van der Waals surface area (Å²) in [5.74, 6) is -0.146. The number of carbonyl (C=O) groups is 1. The third-order valence-electron chi connectivity index (χ3n) is 3.57. The van der Waals surface area contributed by atoms with Gasteiger partial charge in [0.15, 0.2) is 0 Å². The highest BCUT2D eigenvalue weighted by Crippen LogP contribution is 2.17. The summed E-state index contributed by atoms with van der Waals surface area (Å²) < 4.78 is 12.0. The molecule has 0 saturated carbocycles. The fourth-order valence-corrected chi connectivity index (χ4v) is 2.30. The smallest absolute Gasteiger partial charge is 0.246 e. The van der Waals surface area contributed by atoms with E-state index in [-0.39, 0.29) is 12.5 Å². The van der Waals surface area contributed by atoms with Crippen LogP contribution in [0.5, 0.6) is 0 Å². The zero-order valence-corrected chi connectivity index (χ0v) is 13.8. The molecule has 0 saturated heterocycles. The summed E-state index contributed by atoms with van der Waals surface area (Å²) in [6, 6.07) is 9.94. The number of ether oxygens (including phenoxy) is 2. The molecule has 2 aromatic rings. The quantitative estimate of drug-likeness (QED) is 0.754. The van der Waals surface area contributed by atoms with Crippen molar-refractivity contribution in [2.24, 2.45) is 0 Å². The van der Waals surface area contributed by atoms with E-state index in [2.05, 4.69) is 10.4 Å². The van der Waals surface area contributed by atoms with Crippen LogP contribution in [0.2, 0.25) is 0 Å². The molecular formula is C17H23N3O3. The number of carbonyl (C=O) groups excluding carboxylic acids is 1. The van der Waals surface area contributed by atoms with Crippen LogP contribution in [-0.2, 0) is 20.8 Å². The molecule has 23 heavy (non-hydrogen) atoms. The SMILES string of the molecule is COCCOCC(=O)NCc1c(C)nn(-c2ccccc2)c1C. The number of amides is 1. The van der Waals surface area contributed by atoms with E-state index in [0.717, 1.165) is 22.6 Å². The zero-order valence-electron chi connectivity index (χ0n) is 13.8. The third-order valence-corrected chi connectivity index (χ3v) is 3.57. The van der Waals surface area contributed by atoms with Gasteiger partial charge in [0, 0.05) is 24.9 Å². The molecule has 1 aromatic carbocycles. The summed E-state index contributed by atoms with van der Waals surface area (Å²) in [5.41, 5.74) is 3.97. The van der Waals surface area contributed by atoms with Gasteiger partial charge in [-0.05, 0) is 26.0 Å². The molecule has 6 nitrogen and oxygen atoms in total. The normalized spacial score (nSPS) is 10.7. The van der Waals surface area contributed by atoms with E-state index in [1.165, 1.54) is 0 Å². The van der Waals surface area contributed by atoms with Crippen LogP contribution < -0.4 is 5.32 Å². The molecule has 1 heterocycles. The van der Waals surface area contributed by atoms with Gasteiger partial charge in [0.1, 0.15) is 6.61 Å². The van der Waals surface area contributed by atoms with Crippen molar-refractivity contribution in [2.75, 3.05) is 26.9 Å². The lowest BCUT2D eigenvalue weighted by molar-refractivity contribution is -0.126. The van der Waals surface area contributed by atoms with Gasteiger partial charge in [-0.3, -0.25) is 4.79 Å². The Kier molecular flexibility index (Phi) is 6.31. The Morgan fingerprint density at radius 3 is 2.65 bits per heavy atom. The summed E-state index contributed by atoms with van der Waals surface area (Å²) >= 11 is 0. The maximum absolute atomic E-state index is 11.8. The monoisotopic (exact) mass is 317 g/mol. The summed E-state index contributed by atoms with van der Waals surface area (Å²) in [6.07, 6.45) is 0. The van der Waals surface area contributed by atoms with Crippen molar-refractivity contribution >= 4 is 5.91 Å². The van der Waals surface area contributed by atoms with E-state index in [1.807, 2.05) is 48.9 Å². The van der Waals surface area contributed by atoms with Crippen molar-refractivity contribution in [3.63, 3.8) is 0 Å². The first-order chi connectivity index (χ1) is 11.1. The van der Waals surface area contributed by atoms with E-state index in [9.17, 15) is 4.79 Å². The van der Waals surface area contributed by atoms with Crippen LogP contribution in [0.3, 0.4) is 0 Å². The largest absolute Gasteiger partial charge is 0.382 e. The van der Waals surface area contributed by atoms with Crippen LogP contribution >= 0.6 is 0 Å². The van der Waals surface area contributed by atoms with Gasteiger partial charge in [-0.2, -0.15) is 5.10 Å². The first kappa shape index (κ1) is 17.2. The van der Waals surface area contributed by atoms with Gasteiger partial charge in [0.2, 0.25) is 5.91 Å². The Bertz CT molecular complexity index is 638. The number of para-hydroxylation sites is 1. The van der Waals surface area contributed by atoms with Gasteiger partial charge < -0.3 is 14.8 Å². The van der Waals surface area contributed by atoms with Gasteiger partial charge in [0.05, 0.1) is 24.6 Å². The second kappa shape index (κ2) is 8.45. The molecule has 2 rings (SSSR count). The number of nitrogens with one attached hydrogen (secondary N) is 1. The van der Waals surface area contributed by atoms with Crippen molar-refractivity contribution in [1.29, 1.82) is 0 Å². The van der Waals surface area contributed by atoms with Gasteiger partial charge >= 0.3 is 0 Å². The standard InChI is InChI=1S/C17H23N3O3/c1-13-16(11-18-17(21)12-23-10-9-22-3)14(2)20(19-13)15-7-5-4-6-8-15/h4-8H,9-12H2,1-3H3,(H,18,21). The number of benzene rings is 1. The fraction of sp³-hybridized carbons (Fsp3) is 0.412. The zero-order chi connectivity index (χ0) is 16.7. The first-order valence-electron chi connectivity index (χ1n) is 7.57. The van der Waals surface area contributed by atoms with Crippen molar-refractivity contribution in [1.82, 2.24) is 15.1 Å². The molecule has 0 atom stereocenters. The fourth-order valence-electron chi connectivity index (χ4n) is 2.30. The number of nitrogens with zero attached hydrogens (tertiary/aromatic N) is 2. The number of aryl methyl sites for hydroxylation is 1. The van der Waals surface area contributed by atoms with E-state index in [0.29, 0.717) is 19.8 Å². The molecule has 124 valence electrons. The average Bonchev–Trinajstić information content (AvgIpc) is 2.85. The van der Waals surface area contributed by atoms with Crippen LogP contribution in [0.25, 0.3) is 5.69 Å². The highest BCUT2D eigenvalue weighted by atomic mass is 16.5. The summed E-state index contributed by atoms with van der Waals surface area (Å²) in [6.45, 7) is 5.32. The molecule has 0 unspecified atom stereocenters. The van der Waals surface area contributed by atoms with E-state index >= 15 is 0 Å². The molecule has 0 radical (unpaired) electrons. The number of methoxy groups -OCH3 is 1. The van der Waals surface area contributed by atoms with Gasteiger partial charge in [-0.1, -0.05) is 18.2 Å². The predicted octanol–water partition coefficient (Wildman–Crippen LogP) is 1.77. The van der Waals surface area contributed by atoms with Crippen LogP contribution in [0.15, 0.2) is 30.3 Å². The van der Waals surface area contributed by atoms with E-state index in [1.54, 1.807) is 7.11 Å². The number of rotatable bonds is 8. The minimum Gasteiger partial charge on any atom is -0.382 e. The second-order valence-electron chi connectivity index (χ2n) is 5.22. The molecule has 0 fully saturated rings. The minimum atomic E-state index is -0.146. The lowest BCUT2D eigenvalue weighted by Gasteiger charge is -2.07. The third kappa shape index (κ3) is 4.64. The van der Waals surface area contributed by atoms with E-state index in [4.69, 9.17) is 9.47 Å². The highest BCUT2D eigenvalue weighted by molar-refractivity contribution is 5.77. The molecular weight excluding hydrogens is 294 g/mol. The average molecular weight is 317 g/mol. The Labute approximate surface area is 136 Å². The molecule has 0 bridgehead atoms. The second-order valence-corrected chi connectivity index (χ2v) is 5.22. The lowest BCUT2D eigenvalue weighted by atomic mass is 10.2. The van der Waals surface area contributed by atoms with Crippen LogP contribution in [-0.4, -0.2) is 42.6 Å². The maximum atomic E-state index is 11.8. The minimum absolute atomic E-state index is 0.0360. The van der Waals surface area contributed by atoms with Crippen LogP contribution in [0.1, 0.15) is 17.0 Å². The Morgan fingerprint density at radius 2 is 1.96 bits per heavy atom. The van der Waals surface area contributed by atoms with Crippen molar-refractivity contribution < 1.29 is 14.3 Å². The molecule has 0 spiro atoms. The van der Waals surface area contributed by atoms with Gasteiger partial charge in [0.25, 0.3) is 0 Å². The van der Waals surface area contributed by atoms with Gasteiger partial charge in [-0.25, -0.2) is 4.68 Å². The van der Waals surface area contributed by atoms with Crippen molar-refractivity contribution in [3.8, 4) is 5.69 Å². The number of hydrogen-bond donors (Lipinski definition) is 1. The first-order valence-corrected chi connectivity index (χ1v) is 7.57. The molecule has 0 aliphatic carbocycles. The molecule has 6 heteroatoms. The lowest BCUT2D eigenvalue weighted by Crippen LogP contribution is -2.28. The summed E-state index contributed by atoms with van der Waals surface area (Å²) in [7, 11) is 1.60. The van der Waals surface area contributed by atoms with Crippen LogP contribution in [0, 0.1) is 13.8 Å². The Balaban J connectivity index is 1.96. The number of hydrogen-bond acceptors (Lipinski definition) is 4. The molecule has 1 amide bonds. The summed E-state index contributed by atoms with van der Waals surface area (Å²) in [5, 5.41) is 7.43. The maximum Gasteiger partial charge on any atom is 0.246 e.